The molecule has 44 heavy (non-hydrogen) atoms. The summed E-state index contributed by atoms with van der Waals surface area (Å²) in [5, 5.41) is 3.90. The van der Waals surface area contributed by atoms with Crippen LogP contribution in [0.2, 0.25) is 0 Å². The summed E-state index contributed by atoms with van der Waals surface area (Å²) in [6.45, 7) is 0. The Bertz CT molecular complexity index is 1740. The Morgan fingerprint density at radius 2 is 0.636 bits per heavy atom. The summed E-state index contributed by atoms with van der Waals surface area (Å²) in [7, 11) is -3.78. The van der Waals surface area contributed by atoms with Crippen LogP contribution in [-0.2, 0) is 9.13 Å². The minimum Gasteiger partial charge on any atom is -0.496 e. The molecule has 0 aromatic heterocycles. The summed E-state index contributed by atoms with van der Waals surface area (Å²) < 4.78 is 43.7. The van der Waals surface area contributed by atoms with Gasteiger partial charge in [-0.2, -0.15) is 0 Å². The molecule has 0 bridgehead atoms. The highest BCUT2D eigenvalue weighted by Gasteiger charge is 2.39. The lowest BCUT2D eigenvalue weighted by atomic mass is 10.0. The van der Waals surface area contributed by atoms with Gasteiger partial charge in [0.1, 0.15) is 11.5 Å². The van der Waals surface area contributed by atoms with Crippen LogP contribution in [0.15, 0.2) is 158 Å². The number of methoxy groups -OCH3 is 2. The Labute approximate surface area is 258 Å². The number of hydrogen-bond acceptors (Lipinski definition) is 4. The van der Waals surface area contributed by atoms with Crippen molar-refractivity contribution in [3.63, 3.8) is 0 Å². The van der Waals surface area contributed by atoms with Gasteiger partial charge in [0.25, 0.3) is 0 Å². The molecule has 6 heteroatoms. The summed E-state index contributed by atoms with van der Waals surface area (Å²) in [5.41, 5.74) is 1.18. The van der Waals surface area contributed by atoms with Crippen LogP contribution >= 0.6 is 14.3 Å². The van der Waals surface area contributed by atoms with Crippen molar-refractivity contribution in [2.24, 2.45) is 0 Å². The fourth-order valence-electron chi connectivity index (χ4n) is 5.81. The highest BCUT2D eigenvalue weighted by Crippen LogP contribution is 2.52. The first-order valence-electron chi connectivity index (χ1n) is 14.3. The lowest BCUT2D eigenvalue weighted by Gasteiger charge is -2.28. The van der Waals surface area contributed by atoms with Crippen LogP contribution in [0.5, 0.6) is 11.5 Å². The van der Waals surface area contributed by atoms with Gasteiger partial charge in [0.15, 0.2) is 14.3 Å². The average Bonchev–Trinajstić information content (AvgIpc) is 3.11. The molecule has 0 saturated carbocycles. The fourth-order valence-corrected chi connectivity index (χ4v) is 11.6. The molecular weight excluding hydrogens is 582 g/mol. The predicted molar refractivity (Wildman–Crippen MR) is 184 cm³/mol. The maximum atomic E-state index is 15.8. The summed E-state index contributed by atoms with van der Waals surface area (Å²) in [6, 6.07) is 49.3. The van der Waals surface area contributed by atoms with Gasteiger partial charge in [-0.1, -0.05) is 133 Å². The molecule has 0 unspecified atom stereocenters. The molecule has 0 atom stereocenters. The van der Waals surface area contributed by atoms with Gasteiger partial charge in [0, 0.05) is 43.0 Å². The van der Waals surface area contributed by atoms with Gasteiger partial charge in [-0.05, 0) is 24.3 Å². The van der Waals surface area contributed by atoms with Crippen LogP contribution in [0.1, 0.15) is 0 Å². The van der Waals surface area contributed by atoms with Gasteiger partial charge in [0.05, 0.1) is 14.2 Å². The monoisotopic (exact) mass is 614 g/mol. The van der Waals surface area contributed by atoms with E-state index in [2.05, 4.69) is 0 Å². The second-order valence-corrected chi connectivity index (χ2v) is 15.7. The van der Waals surface area contributed by atoms with E-state index in [0.717, 1.165) is 0 Å². The standard InChI is InChI=1S/C38H32O4P2/c1-41-33-25-15-27-35(43(39,29-17-7-3-8-18-29)30-19-9-4-10-20-30)37(33)38-34(42-2)26-16-28-36(38)44(40,31-21-11-5-12-22-31)32-23-13-6-14-24-32/h3-28H,1-2H3. The summed E-state index contributed by atoms with van der Waals surface area (Å²) in [5.74, 6) is 1.01. The lowest BCUT2D eigenvalue weighted by molar-refractivity contribution is 0.411. The normalized spacial score (nSPS) is 11.6. The van der Waals surface area contributed by atoms with Gasteiger partial charge in [-0.25, -0.2) is 0 Å². The van der Waals surface area contributed by atoms with E-state index in [0.29, 0.717) is 54.5 Å². The van der Waals surface area contributed by atoms with E-state index >= 15 is 9.13 Å². The number of ether oxygens (including phenoxy) is 2. The average molecular weight is 615 g/mol. The molecule has 0 amide bonds. The smallest absolute Gasteiger partial charge is 0.171 e. The number of rotatable bonds is 9. The van der Waals surface area contributed by atoms with Gasteiger partial charge in [-0.15, -0.1) is 0 Å². The topological polar surface area (TPSA) is 52.6 Å². The van der Waals surface area contributed by atoms with Gasteiger partial charge in [0.2, 0.25) is 0 Å². The highest BCUT2D eigenvalue weighted by molar-refractivity contribution is 7.86. The van der Waals surface area contributed by atoms with E-state index < -0.39 is 14.3 Å². The Kier molecular flexibility index (Phi) is 8.40. The largest absolute Gasteiger partial charge is 0.496 e. The summed E-state index contributed by atoms with van der Waals surface area (Å²) in [4.78, 5) is 0. The molecule has 0 aliphatic carbocycles. The molecule has 0 saturated heterocycles. The van der Waals surface area contributed by atoms with Gasteiger partial charge in [-0.3, -0.25) is 0 Å². The second kappa shape index (κ2) is 12.5. The molecular formula is C38H32O4P2. The third-order valence-corrected chi connectivity index (χ3v) is 14.1. The molecule has 4 nitrogen and oxygen atoms in total. The van der Waals surface area contributed by atoms with Crippen LogP contribution in [0.4, 0.5) is 0 Å². The Morgan fingerprint density at radius 3 is 0.886 bits per heavy atom. The first kappa shape index (κ1) is 29.5. The van der Waals surface area contributed by atoms with E-state index in [1.165, 1.54) is 0 Å². The predicted octanol–water partition coefficient (Wildman–Crippen LogP) is 6.65. The molecule has 6 rings (SSSR count). The summed E-state index contributed by atoms with van der Waals surface area (Å²) in [6.07, 6.45) is 0. The van der Waals surface area contributed by atoms with Crippen LogP contribution < -0.4 is 41.3 Å². The Morgan fingerprint density at radius 1 is 0.364 bits per heavy atom. The van der Waals surface area contributed by atoms with Crippen molar-refractivity contribution in [2.45, 2.75) is 0 Å². The van der Waals surface area contributed by atoms with Crippen LogP contribution in [0, 0.1) is 0 Å². The van der Waals surface area contributed by atoms with Crippen molar-refractivity contribution in [2.75, 3.05) is 14.2 Å². The van der Waals surface area contributed by atoms with Gasteiger partial charge < -0.3 is 18.6 Å². The quantitative estimate of drug-likeness (QED) is 0.171. The van der Waals surface area contributed by atoms with Crippen LogP contribution in [0.3, 0.4) is 0 Å². The Balaban J connectivity index is 1.77. The van der Waals surface area contributed by atoms with Crippen molar-refractivity contribution in [1.29, 1.82) is 0 Å². The molecule has 218 valence electrons. The zero-order valence-electron chi connectivity index (χ0n) is 24.5. The lowest BCUT2D eigenvalue weighted by Crippen LogP contribution is -2.30. The number of benzene rings is 6. The van der Waals surface area contributed by atoms with Gasteiger partial charge >= 0.3 is 0 Å². The number of hydrogen-bond donors (Lipinski definition) is 0. The molecule has 0 fully saturated rings. The fraction of sp³-hybridized carbons (Fsp3) is 0.0526. The van der Waals surface area contributed by atoms with E-state index in [9.17, 15) is 0 Å². The van der Waals surface area contributed by atoms with E-state index in [4.69, 9.17) is 9.47 Å². The molecule has 0 N–H and O–H groups in total. The molecule has 0 aliphatic heterocycles. The first-order chi connectivity index (χ1) is 21.5. The molecule has 0 aliphatic rings. The van der Waals surface area contributed by atoms with E-state index in [1.54, 1.807) is 14.2 Å². The second-order valence-electron chi connectivity index (χ2n) is 10.3. The van der Waals surface area contributed by atoms with E-state index in [1.807, 2.05) is 158 Å². The molecule has 0 spiro atoms. The third-order valence-electron chi connectivity index (χ3n) is 7.86. The van der Waals surface area contributed by atoms with Crippen LogP contribution in [0.25, 0.3) is 11.1 Å². The molecule has 6 aromatic carbocycles. The van der Waals surface area contributed by atoms with Crippen molar-refractivity contribution in [1.82, 2.24) is 0 Å². The zero-order chi connectivity index (χ0) is 30.6. The molecule has 6 aromatic rings. The highest BCUT2D eigenvalue weighted by atomic mass is 31.2. The SMILES string of the molecule is COc1cccc(P(=O)(c2ccccc2)c2ccccc2)c1-c1c(OC)cccc1P(=O)(c1ccccc1)c1ccccc1. The summed E-state index contributed by atoms with van der Waals surface area (Å²) >= 11 is 0. The minimum atomic E-state index is -3.49. The van der Waals surface area contributed by atoms with E-state index in [-0.39, 0.29) is 0 Å². The van der Waals surface area contributed by atoms with Crippen LogP contribution in [-0.4, -0.2) is 14.2 Å². The van der Waals surface area contributed by atoms with Crippen molar-refractivity contribution in [3.05, 3.63) is 158 Å². The molecule has 0 heterocycles. The zero-order valence-corrected chi connectivity index (χ0v) is 26.3. The Hall–Kier alpha value is -4.62. The minimum absolute atomic E-state index is 0.507. The first-order valence-corrected chi connectivity index (χ1v) is 17.7. The maximum absolute atomic E-state index is 15.8. The van der Waals surface area contributed by atoms with Crippen molar-refractivity contribution >= 4 is 46.1 Å². The molecule has 0 radical (unpaired) electrons. The maximum Gasteiger partial charge on any atom is 0.171 e. The van der Waals surface area contributed by atoms with Crippen molar-refractivity contribution in [3.8, 4) is 22.6 Å². The van der Waals surface area contributed by atoms with Crippen molar-refractivity contribution < 1.29 is 18.6 Å². The third kappa shape index (κ3) is 5.01.